The van der Waals surface area contributed by atoms with Crippen LogP contribution in [0.15, 0.2) is 0 Å². The Labute approximate surface area is 100 Å². The summed E-state index contributed by atoms with van der Waals surface area (Å²) in [5.41, 5.74) is 0.614. The van der Waals surface area contributed by atoms with Gasteiger partial charge in [0.1, 0.15) is 0 Å². The third-order valence-corrected chi connectivity index (χ3v) is 4.56. The van der Waals surface area contributed by atoms with Gasteiger partial charge in [-0.25, -0.2) is 0 Å². The van der Waals surface area contributed by atoms with Gasteiger partial charge in [0.25, 0.3) is 0 Å². The zero-order chi connectivity index (χ0) is 10.9. The number of hydrogen-bond acceptors (Lipinski definition) is 2. The molecule has 2 aliphatic carbocycles. The zero-order valence-corrected chi connectivity index (χ0v) is 11.1. The van der Waals surface area contributed by atoms with E-state index < -0.39 is 0 Å². The average molecular weight is 227 g/mol. The van der Waals surface area contributed by atoms with Crippen molar-refractivity contribution in [2.75, 3.05) is 18.8 Å². The van der Waals surface area contributed by atoms with Crippen molar-refractivity contribution in [3.05, 3.63) is 0 Å². The van der Waals surface area contributed by atoms with Crippen molar-refractivity contribution >= 4 is 12.6 Å². The SMILES string of the molecule is CC(C)CCN(CC1(CS)CC1)C1CC1. The molecule has 2 saturated carbocycles. The zero-order valence-electron chi connectivity index (χ0n) is 10.2. The molecule has 0 unspecified atom stereocenters. The summed E-state index contributed by atoms with van der Waals surface area (Å²) >= 11 is 4.51. The maximum absolute atomic E-state index is 4.51. The summed E-state index contributed by atoms with van der Waals surface area (Å²) in [6.45, 7) is 7.30. The number of rotatable bonds is 7. The van der Waals surface area contributed by atoms with Crippen LogP contribution in [0.3, 0.4) is 0 Å². The molecule has 0 aromatic carbocycles. The van der Waals surface area contributed by atoms with E-state index in [4.69, 9.17) is 0 Å². The highest BCUT2D eigenvalue weighted by atomic mass is 32.1. The minimum atomic E-state index is 0.614. The van der Waals surface area contributed by atoms with E-state index in [9.17, 15) is 0 Å². The third kappa shape index (κ3) is 3.39. The van der Waals surface area contributed by atoms with Gasteiger partial charge in [0.2, 0.25) is 0 Å². The Kier molecular flexibility index (Phi) is 3.67. The second-order valence-electron chi connectivity index (χ2n) is 6.04. The van der Waals surface area contributed by atoms with Gasteiger partial charge < -0.3 is 0 Å². The quantitative estimate of drug-likeness (QED) is 0.654. The van der Waals surface area contributed by atoms with Crippen LogP contribution in [0, 0.1) is 11.3 Å². The molecular formula is C13H25NS. The van der Waals surface area contributed by atoms with E-state index in [-0.39, 0.29) is 0 Å². The Morgan fingerprint density at radius 2 is 2.00 bits per heavy atom. The van der Waals surface area contributed by atoms with Crippen molar-refractivity contribution < 1.29 is 0 Å². The first-order valence-corrected chi connectivity index (χ1v) is 7.13. The average Bonchev–Trinajstić information content (AvgIpc) is 3.05. The van der Waals surface area contributed by atoms with Crippen LogP contribution >= 0.6 is 12.6 Å². The van der Waals surface area contributed by atoms with Crippen LogP contribution in [0.25, 0.3) is 0 Å². The van der Waals surface area contributed by atoms with Gasteiger partial charge in [0.05, 0.1) is 0 Å². The lowest BCUT2D eigenvalue weighted by molar-refractivity contribution is 0.209. The molecule has 0 saturated heterocycles. The Hall–Kier alpha value is 0.310. The predicted octanol–water partition coefficient (Wildman–Crippen LogP) is 3.21. The molecule has 1 nitrogen and oxygen atoms in total. The molecule has 0 aromatic rings. The van der Waals surface area contributed by atoms with Crippen molar-refractivity contribution in [1.29, 1.82) is 0 Å². The second-order valence-corrected chi connectivity index (χ2v) is 6.36. The summed E-state index contributed by atoms with van der Waals surface area (Å²) in [6, 6.07) is 0.932. The highest BCUT2D eigenvalue weighted by Gasteiger charge is 2.44. The molecular weight excluding hydrogens is 202 g/mol. The number of thiol groups is 1. The van der Waals surface area contributed by atoms with Crippen LogP contribution in [-0.4, -0.2) is 29.8 Å². The van der Waals surface area contributed by atoms with Gasteiger partial charge in [0, 0.05) is 12.6 Å². The minimum Gasteiger partial charge on any atom is -0.300 e. The molecule has 0 atom stereocenters. The van der Waals surface area contributed by atoms with Gasteiger partial charge in [-0.05, 0) is 55.7 Å². The van der Waals surface area contributed by atoms with Crippen molar-refractivity contribution in [3.63, 3.8) is 0 Å². The lowest BCUT2D eigenvalue weighted by Crippen LogP contribution is -2.34. The van der Waals surface area contributed by atoms with Crippen molar-refractivity contribution in [2.24, 2.45) is 11.3 Å². The molecule has 0 spiro atoms. The largest absolute Gasteiger partial charge is 0.300 e. The molecule has 0 bridgehead atoms. The molecule has 0 N–H and O–H groups in total. The molecule has 0 aliphatic heterocycles. The Morgan fingerprint density at radius 1 is 1.33 bits per heavy atom. The molecule has 0 amide bonds. The van der Waals surface area contributed by atoms with E-state index in [1.165, 1.54) is 45.2 Å². The lowest BCUT2D eigenvalue weighted by atomic mass is 10.1. The van der Waals surface area contributed by atoms with Gasteiger partial charge >= 0.3 is 0 Å². The topological polar surface area (TPSA) is 3.24 Å². The van der Waals surface area contributed by atoms with Gasteiger partial charge in [-0.2, -0.15) is 12.6 Å². The summed E-state index contributed by atoms with van der Waals surface area (Å²) in [6.07, 6.45) is 7.09. The van der Waals surface area contributed by atoms with Crippen molar-refractivity contribution in [3.8, 4) is 0 Å². The van der Waals surface area contributed by atoms with Crippen LogP contribution in [0.5, 0.6) is 0 Å². The standard InChI is InChI=1S/C13H25NS/c1-11(2)5-8-14(12-3-4-12)9-13(10-15)6-7-13/h11-12,15H,3-10H2,1-2H3. The van der Waals surface area contributed by atoms with E-state index in [0.29, 0.717) is 5.41 Å². The fourth-order valence-electron chi connectivity index (χ4n) is 2.23. The van der Waals surface area contributed by atoms with E-state index in [2.05, 4.69) is 31.4 Å². The molecule has 2 rings (SSSR count). The Morgan fingerprint density at radius 3 is 2.40 bits per heavy atom. The summed E-state index contributed by atoms with van der Waals surface area (Å²) in [4.78, 5) is 2.75. The minimum absolute atomic E-state index is 0.614. The summed E-state index contributed by atoms with van der Waals surface area (Å²) in [5.74, 6) is 1.94. The monoisotopic (exact) mass is 227 g/mol. The fraction of sp³-hybridized carbons (Fsp3) is 1.00. The normalized spacial score (nSPS) is 23.8. The molecule has 15 heavy (non-hydrogen) atoms. The van der Waals surface area contributed by atoms with Crippen molar-refractivity contribution in [2.45, 2.75) is 52.0 Å². The van der Waals surface area contributed by atoms with Gasteiger partial charge in [0.15, 0.2) is 0 Å². The highest BCUT2D eigenvalue weighted by molar-refractivity contribution is 7.80. The summed E-state index contributed by atoms with van der Waals surface area (Å²) in [7, 11) is 0. The maximum atomic E-state index is 4.51. The Bertz CT molecular complexity index is 207. The predicted molar refractivity (Wildman–Crippen MR) is 69.6 cm³/mol. The second kappa shape index (κ2) is 4.67. The molecule has 0 radical (unpaired) electrons. The molecule has 0 heterocycles. The van der Waals surface area contributed by atoms with E-state index in [0.717, 1.165) is 17.7 Å². The smallest absolute Gasteiger partial charge is 0.00966 e. The van der Waals surface area contributed by atoms with E-state index >= 15 is 0 Å². The fourth-order valence-corrected chi connectivity index (χ4v) is 2.64. The van der Waals surface area contributed by atoms with Crippen LogP contribution < -0.4 is 0 Å². The van der Waals surface area contributed by atoms with E-state index in [1.807, 2.05) is 0 Å². The molecule has 2 heteroatoms. The first kappa shape index (κ1) is 11.8. The maximum Gasteiger partial charge on any atom is 0.00966 e. The highest BCUT2D eigenvalue weighted by Crippen LogP contribution is 2.48. The van der Waals surface area contributed by atoms with Crippen LogP contribution in [0.4, 0.5) is 0 Å². The summed E-state index contributed by atoms with van der Waals surface area (Å²) in [5, 5.41) is 0. The first-order chi connectivity index (χ1) is 7.15. The van der Waals surface area contributed by atoms with Gasteiger partial charge in [-0.1, -0.05) is 13.8 Å². The molecule has 88 valence electrons. The van der Waals surface area contributed by atoms with Crippen LogP contribution in [0.2, 0.25) is 0 Å². The van der Waals surface area contributed by atoms with Gasteiger partial charge in [-0.3, -0.25) is 4.90 Å². The molecule has 2 fully saturated rings. The van der Waals surface area contributed by atoms with Crippen LogP contribution in [0.1, 0.15) is 46.0 Å². The van der Waals surface area contributed by atoms with Crippen molar-refractivity contribution in [1.82, 2.24) is 4.90 Å². The van der Waals surface area contributed by atoms with Crippen LogP contribution in [-0.2, 0) is 0 Å². The Balaban J connectivity index is 1.78. The number of nitrogens with zero attached hydrogens (tertiary/aromatic N) is 1. The third-order valence-electron chi connectivity index (χ3n) is 3.89. The first-order valence-electron chi connectivity index (χ1n) is 6.50. The van der Waals surface area contributed by atoms with E-state index in [1.54, 1.807) is 0 Å². The number of hydrogen-bond donors (Lipinski definition) is 1. The molecule has 0 aromatic heterocycles. The molecule has 2 aliphatic rings. The van der Waals surface area contributed by atoms with Gasteiger partial charge in [-0.15, -0.1) is 0 Å². The summed E-state index contributed by atoms with van der Waals surface area (Å²) < 4.78 is 0. The lowest BCUT2D eigenvalue weighted by Gasteiger charge is -2.27.